The van der Waals surface area contributed by atoms with Gasteiger partial charge in [-0.1, -0.05) is 25.0 Å². The lowest BCUT2D eigenvalue weighted by Crippen LogP contribution is -2.11. The molecule has 1 heterocycles. The average molecular weight is 371 g/mol. The molecule has 1 spiro atoms. The summed E-state index contributed by atoms with van der Waals surface area (Å²) in [6, 6.07) is 10.3. The first-order chi connectivity index (χ1) is 12.4. The molecule has 2 aliphatic rings. The van der Waals surface area contributed by atoms with Crippen molar-refractivity contribution in [2.45, 2.75) is 43.4 Å². The number of rotatable bonds is 3. The molecule has 4 rings (SSSR count). The normalized spacial score (nSPS) is 19.5. The molecule has 0 aliphatic heterocycles. The maximum absolute atomic E-state index is 13.3. The summed E-state index contributed by atoms with van der Waals surface area (Å²) in [5.41, 5.74) is 4.57. The Morgan fingerprint density at radius 1 is 0.962 bits per heavy atom. The van der Waals surface area contributed by atoms with Gasteiger partial charge in [-0.15, -0.1) is 0 Å². The van der Waals surface area contributed by atoms with Gasteiger partial charge < -0.3 is 0 Å². The number of allylic oxidation sites excluding steroid dienone is 2. The number of pyridine rings is 1. The number of aromatic nitrogens is 1. The van der Waals surface area contributed by atoms with E-state index in [1.54, 1.807) is 18.2 Å². The summed E-state index contributed by atoms with van der Waals surface area (Å²) in [7, 11) is -3.21. The zero-order chi connectivity index (χ0) is 18.4. The van der Waals surface area contributed by atoms with Crippen molar-refractivity contribution < 1.29 is 12.8 Å². The van der Waals surface area contributed by atoms with Gasteiger partial charge in [0.1, 0.15) is 5.82 Å². The highest BCUT2D eigenvalue weighted by molar-refractivity contribution is 7.90. The lowest BCUT2D eigenvalue weighted by Gasteiger charge is -2.23. The van der Waals surface area contributed by atoms with E-state index in [-0.39, 0.29) is 11.2 Å². The fourth-order valence-electron chi connectivity index (χ4n) is 4.48. The minimum atomic E-state index is -3.21. The molecule has 0 bridgehead atoms. The van der Waals surface area contributed by atoms with Crippen LogP contribution in [0.15, 0.2) is 47.5 Å². The molecule has 5 heteroatoms. The summed E-state index contributed by atoms with van der Waals surface area (Å²) in [4.78, 5) is 4.65. The van der Waals surface area contributed by atoms with Gasteiger partial charge in [-0.2, -0.15) is 0 Å². The number of hydrogen-bond acceptors (Lipinski definition) is 3. The van der Waals surface area contributed by atoms with Crippen LogP contribution >= 0.6 is 0 Å². The first-order valence-electron chi connectivity index (χ1n) is 9.01. The van der Waals surface area contributed by atoms with E-state index >= 15 is 0 Å². The fourth-order valence-corrected chi connectivity index (χ4v) is 5.11. The van der Waals surface area contributed by atoms with E-state index in [2.05, 4.69) is 4.98 Å². The van der Waals surface area contributed by atoms with E-state index in [0.717, 1.165) is 24.1 Å². The van der Waals surface area contributed by atoms with Crippen molar-refractivity contribution in [1.29, 1.82) is 0 Å². The molecular formula is C21H22FNO2S. The monoisotopic (exact) mass is 371 g/mol. The molecule has 1 aromatic carbocycles. The Bertz CT molecular complexity index is 954. The molecule has 0 N–H and O–H groups in total. The first-order valence-corrected chi connectivity index (χ1v) is 10.9. The van der Waals surface area contributed by atoms with E-state index < -0.39 is 9.84 Å². The molecule has 0 atom stereocenters. The summed E-state index contributed by atoms with van der Waals surface area (Å²) in [5.74, 6) is -0.331. The number of benzene rings is 1. The maximum Gasteiger partial charge on any atom is 0.175 e. The van der Waals surface area contributed by atoms with Gasteiger partial charge in [-0.05, 0) is 72.1 Å². The number of nitrogens with zero attached hydrogens (tertiary/aromatic N) is 1. The molecule has 0 saturated heterocycles. The largest absolute Gasteiger partial charge is 0.254 e. The second kappa shape index (κ2) is 6.31. The Morgan fingerprint density at radius 3 is 2.19 bits per heavy atom. The van der Waals surface area contributed by atoms with Crippen molar-refractivity contribution in [2.75, 3.05) is 6.26 Å². The zero-order valence-corrected chi connectivity index (χ0v) is 15.7. The highest BCUT2D eigenvalue weighted by Gasteiger charge is 2.41. The van der Waals surface area contributed by atoms with E-state index in [1.165, 1.54) is 55.3 Å². The molecule has 26 heavy (non-hydrogen) atoms. The molecular weight excluding hydrogens is 349 g/mol. The number of sulfone groups is 1. The SMILES string of the molecule is CS(=O)(=O)c1ccc(C2=C(c3ccc(F)cn3)CC3(CCCC3)C2)cc1. The van der Waals surface area contributed by atoms with Crippen molar-refractivity contribution in [3.8, 4) is 0 Å². The Labute approximate surface area is 153 Å². The average Bonchev–Trinajstić information content (AvgIpc) is 3.22. The van der Waals surface area contributed by atoms with E-state index in [0.29, 0.717) is 4.90 Å². The van der Waals surface area contributed by atoms with E-state index in [4.69, 9.17) is 0 Å². The molecule has 1 fully saturated rings. The van der Waals surface area contributed by atoms with Crippen LogP contribution in [0.1, 0.15) is 49.8 Å². The smallest absolute Gasteiger partial charge is 0.175 e. The van der Waals surface area contributed by atoms with Gasteiger partial charge in [0.15, 0.2) is 9.84 Å². The predicted molar refractivity (Wildman–Crippen MR) is 101 cm³/mol. The Kier molecular flexibility index (Phi) is 4.22. The lowest BCUT2D eigenvalue weighted by molar-refractivity contribution is 0.329. The highest BCUT2D eigenvalue weighted by atomic mass is 32.2. The summed E-state index contributed by atoms with van der Waals surface area (Å²) in [6.07, 6.45) is 9.37. The van der Waals surface area contributed by atoms with Gasteiger partial charge in [-0.3, -0.25) is 4.98 Å². The molecule has 2 aliphatic carbocycles. The van der Waals surface area contributed by atoms with Crippen LogP contribution in [0.3, 0.4) is 0 Å². The number of halogens is 1. The summed E-state index contributed by atoms with van der Waals surface area (Å²) in [6.45, 7) is 0. The number of hydrogen-bond donors (Lipinski definition) is 0. The van der Waals surface area contributed by atoms with Gasteiger partial charge in [0.05, 0.1) is 16.8 Å². The Morgan fingerprint density at radius 2 is 1.62 bits per heavy atom. The first kappa shape index (κ1) is 17.4. The molecule has 1 saturated carbocycles. The second-order valence-electron chi connectivity index (χ2n) is 7.68. The minimum Gasteiger partial charge on any atom is -0.254 e. The van der Waals surface area contributed by atoms with Crippen LogP contribution in [-0.4, -0.2) is 19.7 Å². The van der Waals surface area contributed by atoms with Crippen molar-refractivity contribution >= 4 is 21.0 Å². The van der Waals surface area contributed by atoms with E-state index in [1.807, 2.05) is 12.1 Å². The molecule has 0 radical (unpaired) electrons. The van der Waals surface area contributed by atoms with Crippen molar-refractivity contribution in [2.24, 2.45) is 5.41 Å². The van der Waals surface area contributed by atoms with Crippen LogP contribution in [-0.2, 0) is 9.84 Å². The molecule has 2 aromatic rings. The minimum absolute atomic E-state index is 0.288. The van der Waals surface area contributed by atoms with Crippen molar-refractivity contribution in [1.82, 2.24) is 4.98 Å². The molecule has 3 nitrogen and oxygen atoms in total. The van der Waals surface area contributed by atoms with Gasteiger partial charge in [0.25, 0.3) is 0 Å². The van der Waals surface area contributed by atoms with Gasteiger partial charge in [-0.25, -0.2) is 12.8 Å². The third-order valence-corrected chi connectivity index (χ3v) is 6.93. The summed E-state index contributed by atoms with van der Waals surface area (Å²) in [5, 5.41) is 0. The standard InChI is InChI=1S/C21H22FNO2S/c1-26(24,25)17-7-4-15(5-8-17)18-12-21(10-2-3-11-21)13-19(18)20-9-6-16(22)14-23-20/h4-9,14H,2-3,10-13H2,1H3. The quantitative estimate of drug-likeness (QED) is 0.772. The zero-order valence-electron chi connectivity index (χ0n) is 14.8. The van der Waals surface area contributed by atoms with Crippen molar-refractivity contribution in [3.05, 3.63) is 59.7 Å². The van der Waals surface area contributed by atoms with Gasteiger partial charge in [0.2, 0.25) is 0 Å². The topological polar surface area (TPSA) is 47.0 Å². The maximum atomic E-state index is 13.3. The fraction of sp³-hybridized carbons (Fsp3) is 0.381. The van der Waals surface area contributed by atoms with Crippen LogP contribution in [0.25, 0.3) is 11.1 Å². The third kappa shape index (κ3) is 3.20. The third-order valence-electron chi connectivity index (χ3n) is 5.80. The van der Waals surface area contributed by atoms with Crippen LogP contribution in [0.2, 0.25) is 0 Å². The summed E-state index contributed by atoms with van der Waals surface area (Å²) >= 11 is 0. The highest BCUT2D eigenvalue weighted by Crippen LogP contribution is 2.57. The Balaban J connectivity index is 1.78. The molecule has 136 valence electrons. The van der Waals surface area contributed by atoms with Crippen LogP contribution in [0.5, 0.6) is 0 Å². The second-order valence-corrected chi connectivity index (χ2v) is 9.69. The van der Waals surface area contributed by atoms with Crippen molar-refractivity contribution in [3.63, 3.8) is 0 Å². The summed E-state index contributed by atoms with van der Waals surface area (Å²) < 4.78 is 36.8. The van der Waals surface area contributed by atoms with Crippen LogP contribution in [0.4, 0.5) is 4.39 Å². The van der Waals surface area contributed by atoms with E-state index in [9.17, 15) is 12.8 Å². The molecule has 0 amide bonds. The van der Waals surface area contributed by atoms with Crippen LogP contribution in [0, 0.1) is 11.2 Å². The molecule has 1 aromatic heterocycles. The van der Waals surface area contributed by atoms with Gasteiger partial charge >= 0.3 is 0 Å². The molecule has 0 unspecified atom stereocenters. The van der Waals surface area contributed by atoms with Crippen LogP contribution < -0.4 is 0 Å². The predicted octanol–water partition coefficient (Wildman–Crippen LogP) is 4.89. The Hall–Kier alpha value is -2.01. The van der Waals surface area contributed by atoms with Gasteiger partial charge in [0, 0.05) is 6.26 Å². The lowest BCUT2D eigenvalue weighted by atomic mass is 9.81.